The molecule has 0 fully saturated rings. The first-order chi connectivity index (χ1) is 5.88. The molecule has 1 aliphatic rings. The minimum atomic E-state index is 1.11. The molecule has 0 bridgehead atoms. The fraction of sp³-hybridized carbons (Fsp3) is 0.636. The summed E-state index contributed by atoms with van der Waals surface area (Å²) in [7, 11) is 1.76. The van der Waals surface area contributed by atoms with E-state index in [9.17, 15) is 0 Å². The zero-order chi connectivity index (χ0) is 8.81. The lowest BCUT2D eigenvalue weighted by Crippen LogP contribution is -1.97. The Bertz CT molecular complexity index is 189. The van der Waals surface area contributed by atoms with E-state index in [1.807, 2.05) is 0 Å². The minimum Gasteiger partial charge on any atom is -0.497 e. The summed E-state index contributed by atoms with van der Waals surface area (Å²) in [5.74, 6) is 1.11. The van der Waals surface area contributed by atoms with Crippen LogP contribution in [0.25, 0.3) is 0 Å². The number of methoxy groups -OCH3 is 1. The van der Waals surface area contributed by atoms with Gasteiger partial charge in [0.25, 0.3) is 0 Å². The van der Waals surface area contributed by atoms with Gasteiger partial charge in [-0.25, -0.2) is 0 Å². The van der Waals surface area contributed by atoms with Crippen molar-refractivity contribution in [2.75, 3.05) is 7.11 Å². The second-order valence-electron chi connectivity index (χ2n) is 3.18. The Labute approximate surface area is 75.1 Å². The van der Waals surface area contributed by atoms with E-state index in [1.165, 1.54) is 31.3 Å². The third-order valence-corrected chi connectivity index (χ3v) is 2.22. The maximum absolute atomic E-state index is 5.29. The number of allylic oxidation sites excluding steroid dienone is 3. The number of hydrogen-bond donors (Lipinski definition) is 0. The Morgan fingerprint density at radius 3 is 2.75 bits per heavy atom. The third kappa shape index (κ3) is 2.40. The van der Waals surface area contributed by atoms with Gasteiger partial charge < -0.3 is 4.74 Å². The van der Waals surface area contributed by atoms with Gasteiger partial charge in [0.2, 0.25) is 0 Å². The normalized spacial score (nSPS) is 16.8. The lowest BCUT2D eigenvalue weighted by molar-refractivity contribution is 0.294. The van der Waals surface area contributed by atoms with Crippen LogP contribution in [0.5, 0.6) is 0 Å². The molecule has 1 aliphatic carbocycles. The van der Waals surface area contributed by atoms with E-state index >= 15 is 0 Å². The predicted molar refractivity (Wildman–Crippen MR) is 51.9 cm³/mol. The molecular formula is C11H18O. The van der Waals surface area contributed by atoms with Crippen LogP contribution in [0.4, 0.5) is 0 Å². The van der Waals surface area contributed by atoms with E-state index in [2.05, 4.69) is 19.1 Å². The monoisotopic (exact) mass is 166 g/mol. The smallest absolute Gasteiger partial charge is 0.117 e. The SMILES string of the molecule is CCCCC1=CCCC=C1OC. The number of unbranched alkanes of at least 4 members (excludes halogenated alkanes) is 1. The maximum atomic E-state index is 5.29. The molecule has 0 N–H and O–H groups in total. The standard InChI is InChI=1S/C11H18O/c1-3-4-7-10-8-5-6-9-11(10)12-2/h8-9H,3-7H2,1-2H3. The van der Waals surface area contributed by atoms with E-state index in [1.54, 1.807) is 7.11 Å². The van der Waals surface area contributed by atoms with E-state index in [0.717, 1.165) is 12.2 Å². The van der Waals surface area contributed by atoms with Crippen molar-refractivity contribution in [1.29, 1.82) is 0 Å². The maximum Gasteiger partial charge on any atom is 0.117 e. The quantitative estimate of drug-likeness (QED) is 0.621. The van der Waals surface area contributed by atoms with Gasteiger partial charge in [-0.05, 0) is 37.3 Å². The molecule has 0 saturated heterocycles. The molecule has 1 nitrogen and oxygen atoms in total. The van der Waals surface area contributed by atoms with Crippen molar-refractivity contribution in [1.82, 2.24) is 0 Å². The van der Waals surface area contributed by atoms with Crippen LogP contribution >= 0.6 is 0 Å². The highest BCUT2D eigenvalue weighted by Crippen LogP contribution is 2.23. The Balaban J connectivity index is 2.49. The Morgan fingerprint density at radius 2 is 2.08 bits per heavy atom. The molecule has 12 heavy (non-hydrogen) atoms. The summed E-state index contributed by atoms with van der Waals surface area (Å²) >= 11 is 0. The molecule has 0 radical (unpaired) electrons. The van der Waals surface area contributed by atoms with Gasteiger partial charge in [0.15, 0.2) is 0 Å². The molecule has 0 saturated carbocycles. The van der Waals surface area contributed by atoms with Crippen LogP contribution in [-0.2, 0) is 4.74 Å². The van der Waals surface area contributed by atoms with Gasteiger partial charge in [0, 0.05) is 0 Å². The molecule has 68 valence electrons. The van der Waals surface area contributed by atoms with Crippen LogP contribution in [0.15, 0.2) is 23.5 Å². The van der Waals surface area contributed by atoms with Crippen molar-refractivity contribution >= 4 is 0 Å². The fourth-order valence-electron chi connectivity index (χ4n) is 1.51. The largest absolute Gasteiger partial charge is 0.497 e. The molecule has 1 heteroatoms. The van der Waals surface area contributed by atoms with Gasteiger partial charge in [-0.3, -0.25) is 0 Å². The van der Waals surface area contributed by atoms with Gasteiger partial charge in [-0.15, -0.1) is 0 Å². The molecule has 0 aromatic rings. The van der Waals surface area contributed by atoms with Gasteiger partial charge in [0.1, 0.15) is 5.76 Å². The third-order valence-electron chi connectivity index (χ3n) is 2.22. The first-order valence-electron chi connectivity index (χ1n) is 4.82. The second kappa shape index (κ2) is 5.02. The number of rotatable bonds is 4. The van der Waals surface area contributed by atoms with Crippen LogP contribution in [0, 0.1) is 0 Å². The summed E-state index contributed by atoms with van der Waals surface area (Å²) in [6.07, 6.45) is 10.5. The van der Waals surface area contributed by atoms with E-state index in [4.69, 9.17) is 4.74 Å². The highest BCUT2D eigenvalue weighted by Gasteiger charge is 2.07. The molecule has 0 amide bonds. The summed E-state index contributed by atoms with van der Waals surface area (Å²) in [5.41, 5.74) is 1.41. The van der Waals surface area contributed by atoms with Crippen molar-refractivity contribution in [3.05, 3.63) is 23.5 Å². The average Bonchev–Trinajstić information content (AvgIpc) is 2.15. The molecule has 0 aliphatic heterocycles. The summed E-state index contributed by atoms with van der Waals surface area (Å²) in [5, 5.41) is 0. The average molecular weight is 166 g/mol. The molecule has 0 aromatic heterocycles. The fourth-order valence-corrected chi connectivity index (χ4v) is 1.51. The van der Waals surface area contributed by atoms with Crippen molar-refractivity contribution in [3.8, 4) is 0 Å². The van der Waals surface area contributed by atoms with Gasteiger partial charge in [-0.1, -0.05) is 19.4 Å². The summed E-state index contributed by atoms with van der Waals surface area (Å²) in [4.78, 5) is 0. The molecule has 0 atom stereocenters. The molecule has 0 spiro atoms. The second-order valence-corrected chi connectivity index (χ2v) is 3.18. The zero-order valence-electron chi connectivity index (χ0n) is 8.10. The zero-order valence-corrected chi connectivity index (χ0v) is 8.10. The first-order valence-corrected chi connectivity index (χ1v) is 4.82. The van der Waals surface area contributed by atoms with Crippen LogP contribution in [0.3, 0.4) is 0 Å². The van der Waals surface area contributed by atoms with Crippen molar-refractivity contribution in [3.63, 3.8) is 0 Å². The minimum absolute atomic E-state index is 1.11. The van der Waals surface area contributed by atoms with Crippen LogP contribution in [0.2, 0.25) is 0 Å². The number of ether oxygens (including phenoxy) is 1. The lowest BCUT2D eigenvalue weighted by atomic mass is 10.00. The Morgan fingerprint density at radius 1 is 1.33 bits per heavy atom. The lowest BCUT2D eigenvalue weighted by Gasteiger charge is -2.14. The van der Waals surface area contributed by atoms with Crippen molar-refractivity contribution in [2.24, 2.45) is 0 Å². The van der Waals surface area contributed by atoms with E-state index in [-0.39, 0.29) is 0 Å². The van der Waals surface area contributed by atoms with E-state index < -0.39 is 0 Å². The highest BCUT2D eigenvalue weighted by atomic mass is 16.5. The highest BCUT2D eigenvalue weighted by molar-refractivity contribution is 5.28. The van der Waals surface area contributed by atoms with Gasteiger partial charge in [-0.2, -0.15) is 0 Å². The molecule has 0 aromatic carbocycles. The molecular weight excluding hydrogens is 148 g/mol. The molecule has 1 rings (SSSR count). The van der Waals surface area contributed by atoms with Gasteiger partial charge >= 0.3 is 0 Å². The first kappa shape index (κ1) is 9.37. The summed E-state index contributed by atoms with van der Waals surface area (Å²) < 4.78 is 5.29. The topological polar surface area (TPSA) is 9.23 Å². The molecule has 0 heterocycles. The molecule has 0 unspecified atom stereocenters. The van der Waals surface area contributed by atoms with Crippen LogP contribution in [0.1, 0.15) is 39.0 Å². The van der Waals surface area contributed by atoms with Crippen molar-refractivity contribution < 1.29 is 4.74 Å². The van der Waals surface area contributed by atoms with Crippen molar-refractivity contribution in [2.45, 2.75) is 39.0 Å². The summed E-state index contributed by atoms with van der Waals surface area (Å²) in [6, 6.07) is 0. The van der Waals surface area contributed by atoms with Gasteiger partial charge in [0.05, 0.1) is 7.11 Å². The van der Waals surface area contributed by atoms with Crippen LogP contribution < -0.4 is 0 Å². The van der Waals surface area contributed by atoms with E-state index in [0.29, 0.717) is 0 Å². The number of hydrogen-bond acceptors (Lipinski definition) is 1. The Kier molecular flexibility index (Phi) is 3.92. The van der Waals surface area contributed by atoms with Crippen LogP contribution in [-0.4, -0.2) is 7.11 Å². The predicted octanol–water partition coefficient (Wildman–Crippen LogP) is 3.43. The summed E-state index contributed by atoms with van der Waals surface area (Å²) in [6.45, 7) is 2.22. The Hall–Kier alpha value is -0.720.